The predicted molar refractivity (Wildman–Crippen MR) is 104 cm³/mol. The van der Waals surface area contributed by atoms with E-state index >= 15 is 0 Å². The second-order valence-corrected chi connectivity index (χ2v) is 5.88. The lowest BCUT2D eigenvalue weighted by Gasteiger charge is -2.23. The lowest BCUT2D eigenvalue weighted by atomic mass is 10.1. The molecule has 0 bridgehead atoms. The Balaban J connectivity index is 2.24. The van der Waals surface area contributed by atoms with Gasteiger partial charge in [0, 0.05) is 18.7 Å². The van der Waals surface area contributed by atoms with Crippen molar-refractivity contribution in [2.45, 2.75) is 26.8 Å². The fourth-order valence-electron chi connectivity index (χ4n) is 2.71. The zero-order valence-electron chi connectivity index (χ0n) is 15.6. The van der Waals surface area contributed by atoms with Crippen LogP contribution in [-0.2, 0) is 6.54 Å². The molecular formula is C21H28N2O3. The van der Waals surface area contributed by atoms with E-state index in [0.29, 0.717) is 49.9 Å². The fourth-order valence-corrected chi connectivity index (χ4v) is 2.71. The van der Waals surface area contributed by atoms with Crippen molar-refractivity contribution in [3.63, 3.8) is 0 Å². The third kappa shape index (κ3) is 5.49. The quantitative estimate of drug-likeness (QED) is 0.708. The molecule has 0 heterocycles. The van der Waals surface area contributed by atoms with Gasteiger partial charge in [-0.25, -0.2) is 0 Å². The van der Waals surface area contributed by atoms with Crippen LogP contribution in [-0.4, -0.2) is 37.1 Å². The number of nitrogens with two attached hydrogens (primary N) is 1. The van der Waals surface area contributed by atoms with Crippen molar-refractivity contribution in [3.8, 4) is 11.5 Å². The first-order valence-electron chi connectivity index (χ1n) is 9.12. The molecular weight excluding hydrogens is 328 g/mol. The van der Waals surface area contributed by atoms with Crippen LogP contribution in [0.15, 0.2) is 48.5 Å². The van der Waals surface area contributed by atoms with E-state index in [4.69, 9.17) is 15.2 Å². The number of amides is 1. The Morgan fingerprint density at radius 1 is 1.00 bits per heavy atom. The molecule has 0 radical (unpaired) electrons. The van der Waals surface area contributed by atoms with Gasteiger partial charge in [0.05, 0.1) is 13.2 Å². The molecule has 0 spiro atoms. The van der Waals surface area contributed by atoms with Crippen molar-refractivity contribution in [1.82, 2.24) is 4.90 Å². The maximum atomic E-state index is 13.1. The number of carbonyl (C=O) groups excluding carboxylic acids is 1. The summed E-state index contributed by atoms with van der Waals surface area (Å²) in [4.78, 5) is 14.9. The first kappa shape index (κ1) is 19.8. The number of hydrogen-bond acceptors (Lipinski definition) is 4. The van der Waals surface area contributed by atoms with Crippen LogP contribution in [0.25, 0.3) is 0 Å². The van der Waals surface area contributed by atoms with Crippen molar-refractivity contribution in [2.75, 3.05) is 26.3 Å². The van der Waals surface area contributed by atoms with Crippen LogP contribution in [0.1, 0.15) is 36.2 Å². The second kappa shape index (κ2) is 10.5. The van der Waals surface area contributed by atoms with E-state index in [-0.39, 0.29) is 5.91 Å². The second-order valence-electron chi connectivity index (χ2n) is 5.88. The van der Waals surface area contributed by atoms with Crippen LogP contribution in [0.4, 0.5) is 0 Å². The molecule has 0 saturated heterocycles. The van der Waals surface area contributed by atoms with Crippen LogP contribution in [0.5, 0.6) is 11.5 Å². The van der Waals surface area contributed by atoms with E-state index in [9.17, 15) is 4.79 Å². The minimum absolute atomic E-state index is 0.0358. The number of nitrogens with zero attached hydrogens (tertiary/aromatic N) is 1. The summed E-state index contributed by atoms with van der Waals surface area (Å²) in [7, 11) is 0. The lowest BCUT2D eigenvalue weighted by Crippen LogP contribution is -2.32. The van der Waals surface area contributed by atoms with Crippen molar-refractivity contribution in [2.24, 2.45) is 5.73 Å². The first-order valence-corrected chi connectivity index (χ1v) is 9.12. The highest BCUT2D eigenvalue weighted by Crippen LogP contribution is 2.29. The monoisotopic (exact) mass is 356 g/mol. The molecule has 5 nitrogen and oxygen atoms in total. The van der Waals surface area contributed by atoms with Crippen LogP contribution >= 0.6 is 0 Å². The SMILES string of the molecule is CCOc1ccc(C(=O)N(CCCN)Cc2ccccc2)cc1OCC. The third-order valence-corrected chi connectivity index (χ3v) is 3.93. The van der Waals surface area contributed by atoms with Gasteiger partial charge in [0.2, 0.25) is 0 Å². The summed E-state index contributed by atoms with van der Waals surface area (Å²) < 4.78 is 11.2. The number of rotatable bonds is 10. The summed E-state index contributed by atoms with van der Waals surface area (Å²) in [5, 5.41) is 0. The molecule has 0 fully saturated rings. The molecule has 2 aromatic rings. The van der Waals surface area contributed by atoms with Gasteiger partial charge in [-0.05, 0) is 50.6 Å². The van der Waals surface area contributed by atoms with E-state index in [1.165, 1.54) is 0 Å². The average molecular weight is 356 g/mol. The topological polar surface area (TPSA) is 64.8 Å². The molecule has 0 aliphatic heterocycles. The molecule has 2 aromatic carbocycles. The van der Waals surface area contributed by atoms with Gasteiger partial charge in [-0.15, -0.1) is 0 Å². The van der Waals surface area contributed by atoms with Gasteiger partial charge >= 0.3 is 0 Å². The lowest BCUT2D eigenvalue weighted by molar-refractivity contribution is 0.0741. The Bertz CT molecular complexity index is 689. The Hall–Kier alpha value is -2.53. The summed E-state index contributed by atoms with van der Waals surface area (Å²) in [5.41, 5.74) is 7.33. The van der Waals surface area contributed by atoms with E-state index in [1.807, 2.05) is 49.1 Å². The number of ether oxygens (including phenoxy) is 2. The summed E-state index contributed by atoms with van der Waals surface area (Å²) in [5.74, 6) is 1.22. The van der Waals surface area contributed by atoms with Gasteiger partial charge in [0.1, 0.15) is 0 Å². The zero-order valence-corrected chi connectivity index (χ0v) is 15.6. The highest BCUT2D eigenvalue weighted by atomic mass is 16.5. The largest absolute Gasteiger partial charge is 0.490 e. The molecule has 140 valence electrons. The molecule has 1 amide bonds. The van der Waals surface area contributed by atoms with Crippen LogP contribution in [0.3, 0.4) is 0 Å². The third-order valence-electron chi connectivity index (χ3n) is 3.93. The van der Waals surface area contributed by atoms with Gasteiger partial charge in [-0.3, -0.25) is 4.79 Å². The van der Waals surface area contributed by atoms with Gasteiger partial charge < -0.3 is 20.1 Å². The normalized spacial score (nSPS) is 10.4. The summed E-state index contributed by atoms with van der Waals surface area (Å²) in [6, 6.07) is 15.3. The van der Waals surface area contributed by atoms with Crippen molar-refractivity contribution in [3.05, 3.63) is 59.7 Å². The van der Waals surface area contributed by atoms with Gasteiger partial charge in [-0.2, -0.15) is 0 Å². The standard InChI is InChI=1S/C21H28N2O3/c1-3-25-19-12-11-18(15-20(19)26-4-2)21(24)23(14-8-13-22)16-17-9-6-5-7-10-17/h5-7,9-12,15H,3-4,8,13-14,16,22H2,1-2H3. The minimum atomic E-state index is -0.0358. The molecule has 0 aliphatic carbocycles. The molecule has 2 N–H and O–H groups in total. The minimum Gasteiger partial charge on any atom is -0.490 e. The van der Waals surface area contributed by atoms with Crippen LogP contribution < -0.4 is 15.2 Å². The summed E-state index contributed by atoms with van der Waals surface area (Å²) >= 11 is 0. The van der Waals surface area contributed by atoms with Gasteiger partial charge in [-0.1, -0.05) is 30.3 Å². The Morgan fingerprint density at radius 2 is 1.69 bits per heavy atom. The molecule has 0 saturated carbocycles. The molecule has 0 aliphatic rings. The molecule has 5 heteroatoms. The van der Waals surface area contributed by atoms with E-state index < -0.39 is 0 Å². The number of benzene rings is 2. The predicted octanol–water partition coefficient (Wildman–Crippen LogP) is 3.48. The van der Waals surface area contributed by atoms with Gasteiger partial charge in [0.15, 0.2) is 11.5 Å². The average Bonchev–Trinajstić information content (AvgIpc) is 2.67. The summed E-state index contributed by atoms with van der Waals surface area (Å²) in [6.45, 7) is 6.60. The highest BCUT2D eigenvalue weighted by molar-refractivity contribution is 5.95. The summed E-state index contributed by atoms with van der Waals surface area (Å²) in [6.07, 6.45) is 0.758. The molecule has 0 aromatic heterocycles. The van der Waals surface area contributed by atoms with Crippen molar-refractivity contribution < 1.29 is 14.3 Å². The molecule has 0 unspecified atom stereocenters. The van der Waals surface area contributed by atoms with Gasteiger partial charge in [0.25, 0.3) is 5.91 Å². The fraction of sp³-hybridized carbons (Fsp3) is 0.381. The Kier molecular flexibility index (Phi) is 7.96. The smallest absolute Gasteiger partial charge is 0.254 e. The number of hydrogen-bond donors (Lipinski definition) is 1. The molecule has 0 atom stereocenters. The van der Waals surface area contributed by atoms with Crippen LogP contribution in [0.2, 0.25) is 0 Å². The zero-order chi connectivity index (χ0) is 18.8. The van der Waals surface area contributed by atoms with E-state index in [0.717, 1.165) is 12.0 Å². The van der Waals surface area contributed by atoms with Crippen LogP contribution in [0, 0.1) is 0 Å². The van der Waals surface area contributed by atoms with Crippen molar-refractivity contribution >= 4 is 5.91 Å². The Labute approximate surface area is 155 Å². The molecule has 26 heavy (non-hydrogen) atoms. The maximum absolute atomic E-state index is 13.1. The highest BCUT2D eigenvalue weighted by Gasteiger charge is 2.18. The number of carbonyl (C=O) groups is 1. The van der Waals surface area contributed by atoms with E-state index in [1.54, 1.807) is 18.2 Å². The maximum Gasteiger partial charge on any atom is 0.254 e. The first-order chi connectivity index (χ1) is 12.7. The van der Waals surface area contributed by atoms with Crippen molar-refractivity contribution in [1.29, 1.82) is 0 Å². The van der Waals surface area contributed by atoms with E-state index in [2.05, 4.69) is 0 Å². The molecule has 2 rings (SSSR count). The Morgan fingerprint density at radius 3 is 2.35 bits per heavy atom.